The number of hydrogen-bond acceptors (Lipinski definition) is 3. The first-order chi connectivity index (χ1) is 8.96. The lowest BCUT2D eigenvalue weighted by Gasteiger charge is -2.27. The van der Waals surface area contributed by atoms with Crippen molar-refractivity contribution in [1.82, 2.24) is 10.6 Å². The van der Waals surface area contributed by atoms with Crippen molar-refractivity contribution in [3.8, 4) is 0 Å². The number of hydrogen-bond donors (Lipinski definition) is 3. The summed E-state index contributed by atoms with van der Waals surface area (Å²) in [6.45, 7) is 7.58. The first-order valence-corrected chi connectivity index (χ1v) is 7.32. The van der Waals surface area contributed by atoms with Crippen LogP contribution in [0.4, 0.5) is 0 Å². The van der Waals surface area contributed by atoms with Crippen molar-refractivity contribution < 1.29 is 9.90 Å². The molecule has 0 radical (unpaired) electrons. The number of alkyl halides is 1. The van der Waals surface area contributed by atoms with Crippen molar-refractivity contribution in [3.63, 3.8) is 0 Å². The quantitative estimate of drug-likeness (QED) is 0.425. The highest BCUT2D eigenvalue weighted by atomic mass is 35.5. The van der Waals surface area contributed by atoms with E-state index in [0.717, 1.165) is 12.8 Å². The summed E-state index contributed by atoms with van der Waals surface area (Å²) in [6, 6.07) is -0.589. The SMILES string of the molecule is C=CCC[C@@H](C)C[C@H](NC(=O)C(C)NC)[C@H](O)CCl.Cl. The monoisotopic (exact) mass is 326 g/mol. The zero-order valence-electron chi connectivity index (χ0n) is 12.6. The van der Waals surface area contributed by atoms with Gasteiger partial charge in [-0.25, -0.2) is 0 Å². The normalized spacial score (nSPS) is 16.4. The van der Waals surface area contributed by atoms with E-state index in [9.17, 15) is 9.90 Å². The van der Waals surface area contributed by atoms with Gasteiger partial charge in [-0.05, 0) is 39.2 Å². The Hall–Kier alpha value is -0.290. The van der Waals surface area contributed by atoms with E-state index in [1.54, 1.807) is 14.0 Å². The molecule has 120 valence electrons. The van der Waals surface area contributed by atoms with Gasteiger partial charge in [-0.1, -0.05) is 13.0 Å². The van der Waals surface area contributed by atoms with Crippen LogP contribution in [0, 0.1) is 5.92 Å². The van der Waals surface area contributed by atoms with Gasteiger partial charge in [0.2, 0.25) is 5.91 Å². The van der Waals surface area contributed by atoms with Crippen molar-refractivity contribution >= 4 is 29.9 Å². The Bertz CT molecular complexity index is 278. The van der Waals surface area contributed by atoms with E-state index in [2.05, 4.69) is 24.1 Å². The number of halogens is 2. The maximum Gasteiger partial charge on any atom is 0.237 e. The molecule has 0 saturated heterocycles. The minimum atomic E-state index is -0.721. The fraction of sp³-hybridized carbons (Fsp3) is 0.786. The lowest BCUT2D eigenvalue weighted by molar-refractivity contribution is -0.124. The molecule has 0 spiro atoms. The summed E-state index contributed by atoms with van der Waals surface area (Å²) in [5.41, 5.74) is 0. The van der Waals surface area contributed by atoms with E-state index in [1.807, 2.05) is 6.08 Å². The molecule has 0 bridgehead atoms. The Labute approximate surface area is 133 Å². The van der Waals surface area contributed by atoms with Crippen molar-refractivity contribution in [3.05, 3.63) is 12.7 Å². The Morgan fingerprint density at radius 3 is 2.50 bits per heavy atom. The molecule has 0 aliphatic heterocycles. The summed E-state index contributed by atoms with van der Waals surface area (Å²) in [6.07, 6.45) is 3.80. The van der Waals surface area contributed by atoms with Crippen LogP contribution in [0.3, 0.4) is 0 Å². The Kier molecular flexibility index (Phi) is 13.7. The molecule has 3 N–H and O–H groups in total. The molecule has 0 fully saturated rings. The van der Waals surface area contributed by atoms with Crippen molar-refractivity contribution in [2.24, 2.45) is 5.92 Å². The number of aliphatic hydroxyl groups is 1. The van der Waals surface area contributed by atoms with Crippen molar-refractivity contribution in [2.75, 3.05) is 12.9 Å². The van der Waals surface area contributed by atoms with E-state index in [0.29, 0.717) is 12.3 Å². The minimum Gasteiger partial charge on any atom is -0.390 e. The number of nitrogens with one attached hydrogen (secondary N) is 2. The number of allylic oxidation sites excluding steroid dienone is 1. The predicted molar refractivity (Wildman–Crippen MR) is 87.6 cm³/mol. The highest BCUT2D eigenvalue weighted by Crippen LogP contribution is 2.16. The number of carbonyl (C=O) groups is 1. The van der Waals surface area contributed by atoms with Gasteiger partial charge in [0.1, 0.15) is 0 Å². The highest BCUT2D eigenvalue weighted by molar-refractivity contribution is 6.18. The molecule has 1 amide bonds. The first kappa shape index (κ1) is 22.0. The lowest BCUT2D eigenvalue weighted by atomic mass is 9.94. The lowest BCUT2D eigenvalue weighted by Crippen LogP contribution is -2.50. The zero-order chi connectivity index (χ0) is 14.8. The Balaban J connectivity index is 0. The van der Waals surface area contributed by atoms with Crippen LogP contribution in [0.15, 0.2) is 12.7 Å². The van der Waals surface area contributed by atoms with Crippen LogP contribution in [-0.4, -0.2) is 42.1 Å². The first-order valence-electron chi connectivity index (χ1n) is 6.78. The molecule has 4 atom stereocenters. The van der Waals surface area contributed by atoms with Crippen LogP contribution in [0.5, 0.6) is 0 Å². The predicted octanol–water partition coefficient (Wildman–Crippen LogP) is 2.09. The molecule has 0 heterocycles. The standard InChI is InChI=1S/C14H27ClN2O2.ClH/c1-5-6-7-10(2)8-12(13(18)9-15)17-14(19)11(3)16-4;/h5,10-13,16,18H,1,6-9H2,2-4H3,(H,17,19);1H/t10-,11?,12+,13-;/m1./s1. The second kappa shape index (κ2) is 12.5. The van der Waals surface area contributed by atoms with Crippen LogP contribution < -0.4 is 10.6 Å². The van der Waals surface area contributed by atoms with Gasteiger partial charge >= 0.3 is 0 Å². The average Bonchev–Trinajstić information content (AvgIpc) is 2.42. The van der Waals surface area contributed by atoms with Crippen LogP contribution >= 0.6 is 24.0 Å². The maximum atomic E-state index is 11.9. The fourth-order valence-electron chi connectivity index (χ4n) is 1.81. The van der Waals surface area contributed by atoms with Gasteiger partial charge in [0.15, 0.2) is 0 Å². The van der Waals surface area contributed by atoms with Crippen molar-refractivity contribution in [2.45, 2.75) is 51.3 Å². The molecule has 0 aliphatic carbocycles. The van der Waals surface area contributed by atoms with Gasteiger partial charge in [-0.2, -0.15) is 0 Å². The fourth-order valence-corrected chi connectivity index (χ4v) is 2.03. The summed E-state index contributed by atoms with van der Waals surface area (Å²) in [7, 11) is 1.73. The third-order valence-corrected chi connectivity index (χ3v) is 3.61. The van der Waals surface area contributed by atoms with Crippen LogP contribution in [-0.2, 0) is 4.79 Å². The van der Waals surface area contributed by atoms with Gasteiger partial charge in [0.25, 0.3) is 0 Å². The van der Waals surface area contributed by atoms with Gasteiger partial charge < -0.3 is 15.7 Å². The second-order valence-electron chi connectivity index (χ2n) is 5.05. The van der Waals surface area contributed by atoms with E-state index < -0.39 is 6.10 Å². The number of carbonyl (C=O) groups excluding carboxylic acids is 1. The minimum absolute atomic E-state index is 0. The Morgan fingerprint density at radius 1 is 1.45 bits per heavy atom. The number of aliphatic hydroxyl groups excluding tert-OH is 1. The zero-order valence-corrected chi connectivity index (χ0v) is 14.1. The molecule has 0 aromatic rings. The van der Waals surface area contributed by atoms with Gasteiger partial charge in [-0.15, -0.1) is 30.6 Å². The molecule has 0 aromatic heterocycles. The van der Waals surface area contributed by atoms with E-state index in [-0.39, 0.29) is 36.3 Å². The van der Waals surface area contributed by atoms with Gasteiger partial charge in [0, 0.05) is 0 Å². The third kappa shape index (κ3) is 8.80. The smallest absolute Gasteiger partial charge is 0.237 e. The van der Waals surface area contributed by atoms with Gasteiger partial charge in [0.05, 0.1) is 24.1 Å². The second-order valence-corrected chi connectivity index (χ2v) is 5.36. The summed E-state index contributed by atoms with van der Waals surface area (Å²) < 4.78 is 0. The maximum absolute atomic E-state index is 11.9. The van der Waals surface area contributed by atoms with Crippen LogP contribution in [0.2, 0.25) is 0 Å². The molecule has 20 heavy (non-hydrogen) atoms. The van der Waals surface area contributed by atoms with Gasteiger partial charge in [-0.3, -0.25) is 4.79 Å². The molecule has 0 saturated carbocycles. The van der Waals surface area contributed by atoms with Crippen molar-refractivity contribution in [1.29, 1.82) is 0 Å². The van der Waals surface area contributed by atoms with E-state index >= 15 is 0 Å². The average molecular weight is 327 g/mol. The van der Waals surface area contributed by atoms with E-state index in [1.165, 1.54) is 0 Å². The Morgan fingerprint density at radius 2 is 2.05 bits per heavy atom. The molecular formula is C14H28Cl2N2O2. The number of rotatable bonds is 10. The molecule has 0 aromatic carbocycles. The van der Waals surface area contributed by atoms with E-state index in [4.69, 9.17) is 11.6 Å². The molecule has 1 unspecified atom stereocenters. The molecular weight excluding hydrogens is 299 g/mol. The molecule has 0 rings (SSSR count). The molecule has 4 nitrogen and oxygen atoms in total. The van der Waals surface area contributed by atoms with Crippen LogP contribution in [0.25, 0.3) is 0 Å². The number of likely N-dealkylation sites (N-methyl/N-ethyl adjacent to an activating group) is 1. The summed E-state index contributed by atoms with van der Waals surface area (Å²) >= 11 is 5.70. The summed E-state index contributed by atoms with van der Waals surface area (Å²) in [4.78, 5) is 11.9. The summed E-state index contributed by atoms with van der Waals surface area (Å²) in [5, 5.41) is 15.6. The highest BCUT2D eigenvalue weighted by Gasteiger charge is 2.24. The molecule has 6 heteroatoms. The molecule has 0 aliphatic rings. The van der Waals surface area contributed by atoms with Crippen LogP contribution in [0.1, 0.15) is 33.1 Å². The third-order valence-electron chi connectivity index (χ3n) is 3.30. The largest absolute Gasteiger partial charge is 0.390 e. The summed E-state index contributed by atoms with van der Waals surface area (Å²) in [5.74, 6) is 0.395. The topological polar surface area (TPSA) is 61.4 Å². The number of amides is 1.